The Kier molecular flexibility index (Phi) is 9.29. The molecule has 14 heavy (non-hydrogen) atoms. The van der Waals surface area contributed by atoms with Gasteiger partial charge in [0.15, 0.2) is 0 Å². The molecule has 0 aromatic carbocycles. The highest BCUT2D eigenvalue weighted by Gasteiger charge is 2.10. The number of rotatable bonds is 9. The highest BCUT2D eigenvalue weighted by molar-refractivity contribution is 4.65. The van der Waals surface area contributed by atoms with Crippen molar-refractivity contribution in [2.24, 2.45) is 5.73 Å². The summed E-state index contributed by atoms with van der Waals surface area (Å²) in [4.78, 5) is 2.29. The van der Waals surface area contributed by atoms with E-state index in [0.29, 0.717) is 6.54 Å². The van der Waals surface area contributed by atoms with Gasteiger partial charge in [-0.05, 0) is 13.5 Å². The third kappa shape index (κ3) is 6.32. The van der Waals surface area contributed by atoms with Crippen LogP contribution in [0.4, 0.5) is 0 Å². The van der Waals surface area contributed by atoms with Crippen LogP contribution >= 0.6 is 0 Å². The maximum absolute atomic E-state index is 5.61. The molecule has 0 saturated carbocycles. The minimum absolute atomic E-state index is 0.150. The van der Waals surface area contributed by atoms with Crippen LogP contribution in [-0.4, -0.2) is 57.5 Å². The van der Waals surface area contributed by atoms with E-state index in [1.54, 1.807) is 7.11 Å². The number of ether oxygens (including phenoxy) is 2. The minimum Gasteiger partial charge on any atom is -0.383 e. The van der Waals surface area contributed by atoms with Crippen LogP contribution < -0.4 is 5.73 Å². The van der Waals surface area contributed by atoms with E-state index >= 15 is 0 Å². The zero-order valence-electron chi connectivity index (χ0n) is 9.66. The summed E-state index contributed by atoms with van der Waals surface area (Å²) in [5.41, 5.74) is 5.61. The summed E-state index contributed by atoms with van der Waals surface area (Å²) >= 11 is 0. The van der Waals surface area contributed by atoms with Crippen molar-refractivity contribution in [3.8, 4) is 0 Å². The summed E-state index contributed by atoms with van der Waals surface area (Å²) in [6.45, 7) is 9.04. The van der Waals surface area contributed by atoms with E-state index in [1.165, 1.54) is 0 Å². The molecule has 0 radical (unpaired) electrons. The molecule has 4 nitrogen and oxygen atoms in total. The van der Waals surface area contributed by atoms with Gasteiger partial charge in [-0.3, -0.25) is 4.90 Å². The molecule has 0 aromatic rings. The second kappa shape index (κ2) is 9.40. The van der Waals surface area contributed by atoms with Crippen LogP contribution in [0.3, 0.4) is 0 Å². The lowest BCUT2D eigenvalue weighted by atomic mass is 10.3. The molecule has 0 heterocycles. The molecular formula is C10H24N2O2. The maximum atomic E-state index is 5.61. The third-order valence-corrected chi connectivity index (χ3v) is 2.19. The summed E-state index contributed by atoms with van der Waals surface area (Å²) in [6, 6.07) is 0. The molecule has 1 unspecified atom stereocenters. The Bertz CT molecular complexity index is 123. The predicted molar refractivity (Wildman–Crippen MR) is 58.5 cm³/mol. The lowest BCUT2D eigenvalue weighted by Crippen LogP contribution is -2.39. The molecule has 4 heteroatoms. The van der Waals surface area contributed by atoms with E-state index < -0.39 is 0 Å². The van der Waals surface area contributed by atoms with Crippen molar-refractivity contribution in [3.05, 3.63) is 0 Å². The van der Waals surface area contributed by atoms with Crippen LogP contribution in [0.15, 0.2) is 0 Å². The number of nitrogens with two attached hydrogens (primary N) is 1. The molecule has 0 spiro atoms. The quantitative estimate of drug-likeness (QED) is 0.587. The van der Waals surface area contributed by atoms with Gasteiger partial charge in [0.25, 0.3) is 0 Å². The first-order valence-electron chi connectivity index (χ1n) is 5.31. The molecule has 0 aromatic heterocycles. The van der Waals surface area contributed by atoms with Gasteiger partial charge in [-0.25, -0.2) is 0 Å². The van der Waals surface area contributed by atoms with Crippen LogP contribution in [0.25, 0.3) is 0 Å². The highest BCUT2D eigenvalue weighted by Crippen LogP contribution is 1.96. The van der Waals surface area contributed by atoms with Crippen molar-refractivity contribution in [3.63, 3.8) is 0 Å². The molecular weight excluding hydrogens is 180 g/mol. The molecule has 1 atom stereocenters. The first-order chi connectivity index (χ1) is 6.78. The van der Waals surface area contributed by atoms with Crippen molar-refractivity contribution in [2.45, 2.75) is 20.0 Å². The lowest BCUT2D eigenvalue weighted by molar-refractivity contribution is 0.0339. The van der Waals surface area contributed by atoms with E-state index in [1.807, 2.05) is 6.92 Å². The van der Waals surface area contributed by atoms with Crippen molar-refractivity contribution in [2.75, 3.05) is 46.5 Å². The summed E-state index contributed by atoms with van der Waals surface area (Å²) in [5.74, 6) is 0. The van der Waals surface area contributed by atoms with E-state index in [-0.39, 0.29) is 6.10 Å². The number of methoxy groups -OCH3 is 1. The Hall–Kier alpha value is -0.160. The Balaban J connectivity index is 3.75. The zero-order chi connectivity index (χ0) is 10.8. The predicted octanol–water partition coefficient (Wildman–Crippen LogP) is 0.319. The second-order valence-corrected chi connectivity index (χ2v) is 3.20. The van der Waals surface area contributed by atoms with Crippen LogP contribution in [0.1, 0.15) is 13.8 Å². The van der Waals surface area contributed by atoms with Crippen LogP contribution in [0.2, 0.25) is 0 Å². The standard InChI is InChI=1S/C10H24N2O2/c1-4-12(6-7-13-3)9-10(8-11)14-5-2/h10H,4-9,11H2,1-3H3. The van der Waals surface area contributed by atoms with Gasteiger partial charge >= 0.3 is 0 Å². The van der Waals surface area contributed by atoms with Gasteiger partial charge in [0.1, 0.15) is 0 Å². The molecule has 0 bridgehead atoms. The first-order valence-corrected chi connectivity index (χ1v) is 5.31. The van der Waals surface area contributed by atoms with Gasteiger partial charge in [0.2, 0.25) is 0 Å². The number of hydrogen-bond donors (Lipinski definition) is 1. The van der Waals surface area contributed by atoms with Crippen molar-refractivity contribution in [1.29, 1.82) is 0 Å². The van der Waals surface area contributed by atoms with Crippen LogP contribution in [0, 0.1) is 0 Å². The fraction of sp³-hybridized carbons (Fsp3) is 1.00. The second-order valence-electron chi connectivity index (χ2n) is 3.20. The average molecular weight is 204 g/mol. The summed E-state index contributed by atoms with van der Waals surface area (Å²) in [7, 11) is 1.72. The van der Waals surface area contributed by atoms with E-state index in [0.717, 1.165) is 32.8 Å². The molecule has 0 saturated heterocycles. The fourth-order valence-electron chi connectivity index (χ4n) is 1.32. The molecule has 0 rings (SSSR count). The molecule has 2 N–H and O–H groups in total. The molecule has 0 aliphatic rings. The SMILES string of the molecule is CCOC(CN)CN(CC)CCOC. The smallest absolute Gasteiger partial charge is 0.0823 e. The monoisotopic (exact) mass is 204 g/mol. The Morgan fingerprint density at radius 1 is 1.36 bits per heavy atom. The maximum Gasteiger partial charge on any atom is 0.0823 e. The van der Waals surface area contributed by atoms with Gasteiger partial charge in [0, 0.05) is 33.4 Å². The van der Waals surface area contributed by atoms with Crippen molar-refractivity contribution in [1.82, 2.24) is 4.90 Å². The number of nitrogens with zero attached hydrogens (tertiary/aromatic N) is 1. The Labute approximate surface area is 87.4 Å². The molecule has 86 valence electrons. The van der Waals surface area contributed by atoms with E-state index in [2.05, 4.69) is 11.8 Å². The van der Waals surface area contributed by atoms with Crippen molar-refractivity contribution >= 4 is 0 Å². The van der Waals surface area contributed by atoms with E-state index in [9.17, 15) is 0 Å². The van der Waals surface area contributed by atoms with E-state index in [4.69, 9.17) is 15.2 Å². The Morgan fingerprint density at radius 3 is 2.50 bits per heavy atom. The fourth-order valence-corrected chi connectivity index (χ4v) is 1.32. The van der Waals surface area contributed by atoms with Gasteiger partial charge in [0.05, 0.1) is 12.7 Å². The number of hydrogen-bond acceptors (Lipinski definition) is 4. The largest absolute Gasteiger partial charge is 0.383 e. The Morgan fingerprint density at radius 2 is 2.07 bits per heavy atom. The van der Waals surface area contributed by atoms with Gasteiger partial charge in [-0.1, -0.05) is 6.92 Å². The topological polar surface area (TPSA) is 47.7 Å². The summed E-state index contributed by atoms with van der Waals surface area (Å²) in [6.07, 6.45) is 0.150. The molecule has 0 fully saturated rings. The van der Waals surface area contributed by atoms with Gasteiger partial charge in [-0.2, -0.15) is 0 Å². The summed E-state index contributed by atoms with van der Waals surface area (Å²) in [5, 5.41) is 0. The first kappa shape index (κ1) is 13.8. The average Bonchev–Trinajstić information content (AvgIpc) is 2.22. The molecule has 0 aliphatic heterocycles. The van der Waals surface area contributed by atoms with Crippen LogP contribution in [0.5, 0.6) is 0 Å². The highest BCUT2D eigenvalue weighted by atomic mass is 16.5. The van der Waals surface area contributed by atoms with Gasteiger partial charge < -0.3 is 15.2 Å². The molecule has 0 aliphatic carbocycles. The molecule has 0 amide bonds. The normalized spacial score (nSPS) is 13.5. The van der Waals surface area contributed by atoms with Gasteiger partial charge in [-0.15, -0.1) is 0 Å². The van der Waals surface area contributed by atoms with Crippen molar-refractivity contribution < 1.29 is 9.47 Å². The number of likely N-dealkylation sites (N-methyl/N-ethyl adjacent to an activating group) is 1. The third-order valence-electron chi connectivity index (χ3n) is 2.19. The minimum atomic E-state index is 0.150. The lowest BCUT2D eigenvalue weighted by Gasteiger charge is -2.25. The summed E-state index contributed by atoms with van der Waals surface area (Å²) < 4.78 is 10.5. The zero-order valence-corrected chi connectivity index (χ0v) is 9.66. The van der Waals surface area contributed by atoms with Crippen LogP contribution in [-0.2, 0) is 9.47 Å².